The van der Waals surface area contributed by atoms with Gasteiger partial charge in [-0.15, -0.1) is 0 Å². The first-order valence-corrected chi connectivity index (χ1v) is 9.33. The van der Waals surface area contributed by atoms with Gasteiger partial charge in [0.05, 0.1) is 16.7 Å². The molecule has 2 aromatic rings. The Morgan fingerprint density at radius 2 is 1.61 bits per heavy atom. The van der Waals surface area contributed by atoms with Crippen LogP contribution in [0.1, 0.15) is 61.2 Å². The summed E-state index contributed by atoms with van der Waals surface area (Å²) in [7, 11) is 0. The molecule has 156 valence electrons. The topological polar surface area (TPSA) is 96.6 Å². The molecule has 0 radical (unpaired) electrons. The van der Waals surface area contributed by atoms with Crippen molar-refractivity contribution in [3.63, 3.8) is 0 Å². The zero-order chi connectivity index (χ0) is 21.7. The van der Waals surface area contributed by atoms with E-state index >= 15 is 0 Å². The molecule has 0 unspecified atom stereocenters. The fraction of sp³-hybridized carbons (Fsp3) is 0.550. The number of fused-ring (bicyclic) bond motifs is 1. The number of rotatable bonds is 1. The Hall–Kier alpha value is -2.77. The maximum Gasteiger partial charge on any atom is 0.434 e. The lowest BCUT2D eigenvalue weighted by molar-refractivity contribution is 0.0425. The summed E-state index contributed by atoms with van der Waals surface area (Å²) >= 11 is 0. The molecule has 0 atom stereocenters. The molecule has 0 aliphatic heterocycles. The number of H-pyrrole nitrogens is 1. The maximum atomic E-state index is 12.6. The molecule has 8 heteroatoms. The van der Waals surface area contributed by atoms with Gasteiger partial charge in [0.25, 0.3) is 0 Å². The summed E-state index contributed by atoms with van der Waals surface area (Å²) in [6, 6.07) is 5.13. The van der Waals surface area contributed by atoms with Gasteiger partial charge < -0.3 is 14.5 Å². The lowest BCUT2D eigenvalue weighted by atomic mass is 10.2. The fourth-order valence-corrected chi connectivity index (χ4v) is 2.18. The molecule has 2 N–H and O–H groups in total. The van der Waals surface area contributed by atoms with Crippen molar-refractivity contribution in [3.8, 4) is 0 Å². The molecule has 2 rings (SSSR count). The van der Waals surface area contributed by atoms with Crippen molar-refractivity contribution >= 4 is 28.9 Å². The van der Waals surface area contributed by atoms with Gasteiger partial charge in [-0.3, -0.25) is 0 Å². The van der Waals surface area contributed by atoms with Gasteiger partial charge >= 0.3 is 12.2 Å². The van der Waals surface area contributed by atoms with Gasteiger partial charge in [-0.05, 0) is 66.7 Å². The number of aromatic amines is 1. The quantitative estimate of drug-likeness (QED) is 0.660. The van der Waals surface area contributed by atoms with Crippen LogP contribution in [0.3, 0.4) is 0 Å². The van der Waals surface area contributed by atoms with Gasteiger partial charge in [0, 0.05) is 0 Å². The monoisotopic (exact) mass is 392 g/mol. The predicted octanol–water partition coefficient (Wildman–Crippen LogP) is 5.08. The second kappa shape index (κ2) is 8.95. The summed E-state index contributed by atoms with van der Waals surface area (Å²) in [5.41, 5.74) is 2.93. The van der Waals surface area contributed by atoms with Crippen LogP contribution in [-0.4, -0.2) is 33.4 Å². The van der Waals surface area contributed by atoms with Gasteiger partial charge in [-0.1, -0.05) is 13.8 Å². The smallest absolute Gasteiger partial charge is 0.434 e. The first-order chi connectivity index (χ1) is 12.8. The van der Waals surface area contributed by atoms with Gasteiger partial charge in [0.1, 0.15) is 17.0 Å². The summed E-state index contributed by atoms with van der Waals surface area (Å²) in [5.74, 6) is 0.751. The van der Waals surface area contributed by atoms with Gasteiger partial charge in [-0.2, -0.15) is 5.01 Å². The number of amides is 2. The molecule has 0 saturated heterocycles. The van der Waals surface area contributed by atoms with Crippen molar-refractivity contribution in [1.29, 1.82) is 0 Å². The average molecular weight is 393 g/mol. The number of benzene rings is 1. The molecule has 0 bridgehead atoms. The van der Waals surface area contributed by atoms with Gasteiger partial charge in [0.2, 0.25) is 0 Å². The van der Waals surface area contributed by atoms with Crippen LogP contribution in [0, 0.1) is 6.92 Å². The lowest BCUT2D eigenvalue weighted by Crippen LogP contribution is -2.50. The fourth-order valence-electron chi connectivity index (χ4n) is 2.18. The van der Waals surface area contributed by atoms with Crippen LogP contribution >= 0.6 is 0 Å². The molecular weight excluding hydrogens is 360 g/mol. The minimum absolute atomic E-state index is 0.418. The van der Waals surface area contributed by atoms with Crippen LogP contribution in [0.4, 0.5) is 15.3 Å². The van der Waals surface area contributed by atoms with Crippen LogP contribution in [0.5, 0.6) is 0 Å². The molecule has 0 aliphatic carbocycles. The van der Waals surface area contributed by atoms with Crippen LogP contribution in [-0.2, 0) is 9.47 Å². The number of hydrogen-bond donors (Lipinski definition) is 2. The molecule has 1 aromatic carbocycles. The van der Waals surface area contributed by atoms with E-state index in [2.05, 4.69) is 15.4 Å². The highest BCUT2D eigenvalue weighted by Gasteiger charge is 2.27. The van der Waals surface area contributed by atoms with E-state index in [0.29, 0.717) is 5.69 Å². The third-order valence-electron chi connectivity index (χ3n) is 3.02. The summed E-state index contributed by atoms with van der Waals surface area (Å²) in [5, 5.41) is 1.02. The zero-order valence-electron chi connectivity index (χ0n) is 18.3. The molecule has 0 fully saturated rings. The molecule has 8 nitrogen and oxygen atoms in total. The van der Waals surface area contributed by atoms with Crippen LogP contribution in [0.25, 0.3) is 11.0 Å². The summed E-state index contributed by atoms with van der Waals surface area (Å²) in [6.07, 6.45) is -1.48. The number of nitrogens with one attached hydrogen (secondary N) is 2. The lowest BCUT2D eigenvalue weighted by Gasteiger charge is -2.28. The third-order valence-corrected chi connectivity index (χ3v) is 3.02. The second-order valence-electron chi connectivity index (χ2n) is 7.95. The van der Waals surface area contributed by atoms with E-state index < -0.39 is 23.4 Å². The Balaban J connectivity index is 0.00000190. The second-order valence-corrected chi connectivity index (χ2v) is 7.95. The Labute approximate surface area is 166 Å². The van der Waals surface area contributed by atoms with Crippen molar-refractivity contribution in [2.24, 2.45) is 0 Å². The number of ether oxygens (including phenoxy) is 2. The van der Waals surface area contributed by atoms with E-state index in [9.17, 15) is 9.59 Å². The Kier molecular flexibility index (Phi) is 7.43. The van der Waals surface area contributed by atoms with Crippen LogP contribution in [0.15, 0.2) is 18.2 Å². The van der Waals surface area contributed by atoms with Gasteiger partial charge in [-0.25, -0.2) is 20.0 Å². The van der Waals surface area contributed by atoms with Crippen LogP contribution < -0.4 is 10.4 Å². The van der Waals surface area contributed by atoms with Gasteiger partial charge in [0.15, 0.2) is 0 Å². The standard InChI is InChI=1S/C18H26N4O4.C2H6/c1-11-19-13-9-8-12(10-14(13)20-11)22(16(24)26-18(5,6)7)21-15(23)25-17(2,3)4;1-2/h8-10H,1-7H3,(H,19,20)(H,21,23);1-2H3. The van der Waals surface area contributed by atoms with Crippen molar-refractivity contribution < 1.29 is 19.1 Å². The molecule has 0 aliphatic rings. The highest BCUT2D eigenvalue weighted by atomic mass is 16.6. The number of carbonyl (C=O) groups excluding carboxylic acids is 2. The van der Waals surface area contributed by atoms with E-state index in [4.69, 9.17) is 9.47 Å². The van der Waals surface area contributed by atoms with E-state index in [0.717, 1.165) is 21.9 Å². The normalized spacial score (nSPS) is 11.3. The summed E-state index contributed by atoms with van der Waals surface area (Å²) in [4.78, 5) is 32.2. The van der Waals surface area contributed by atoms with Crippen molar-refractivity contribution in [1.82, 2.24) is 15.4 Å². The van der Waals surface area contributed by atoms with E-state index in [1.165, 1.54) is 0 Å². The van der Waals surface area contributed by atoms with Crippen molar-refractivity contribution in [3.05, 3.63) is 24.0 Å². The molecule has 0 saturated carbocycles. The maximum absolute atomic E-state index is 12.6. The highest BCUT2D eigenvalue weighted by Crippen LogP contribution is 2.22. The Morgan fingerprint density at radius 3 is 2.14 bits per heavy atom. The molecule has 2 amide bonds. The number of hydrazine groups is 1. The number of anilines is 1. The first kappa shape index (κ1) is 23.3. The van der Waals surface area contributed by atoms with E-state index in [-0.39, 0.29) is 0 Å². The molecule has 0 spiro atoms. The highest BCUT2D eigenvalue weighted by molar-refractivity contribution is 5.93. The molecule has 1 heterocycles. The van der Waals surface area contributed by atoms with Crippen molar-refractivity contribution in [2.45, 2.75) is 73.5 Å². The van der Waals surface area contributed by atoms with Crippen molar-refractivity contribution in [2.75, 3.05) is 5.01 Å². The first-order valence-electron chi connectivity index (χ1n) is 9.33. The van der Waals surface area contributed by atoms with Crippen LogP contribution in [0.2, 0.25) is 0 Å². The third kappa shape index (κ3) is 7.09. The van der Waals surface area contributed by atoms with E-state index in [1.807, 2.05) is 20.8 Å². The number of carbonyl (C=O) groups is 2. The minimum Gasteiger partial charge on any atom is -0.443 e. The number of aromatic nitrogens is 2. The average Bonchev–Trinajstić information content (AvgIpc) is 2.90. The minimum atomic E-state index is -0.760. The van der Waals surface area contributed by atoms with E-state index in [1.54, 1.807) is 59.7 Å². The molecular formula is C20H32N4O4. The zero-order valence-corrected chi connectivity index (χ0v) is 18.3. The summed E-state index contributed by atoms with van der Waals surface area (Å²) in [6.45, 7) is 16.3. The number of aryl methyl sites for hydroxylation is 1. The largest absolute Gasteiger partial charge is 0.443 e. The molecule has 28 heavy (non-hydrogen) atoms. The number of imidazole rings is 1. The molecule has 1 aromatic heterocycles. The number of nitrogens with zero attached hydrogens (tertiary/aromatic N) is 2. The SMILES string of the molecule is CC.Cc1nc2ccc(N(NC(=O)OC(C)(C)C)C(=O)OC(C)(C)C)cc2[nH]1. The summed E-state index contributed by atoms with van der Waals surface area (Å²) < 4.78 is 10.6. The number of hydrogen-bond acceptors (Lipinski definition) is 5. The predicted molar refractivity (Wildman–Crippen MR) is 110 cm³/mol. The Bertz CT molecular complexity index is 816. The Morgan fingerprint density at radius 1 is 1.04 bits per heavy atom.